The number of hydrogen-bond acceptors (Lipinski definition) is 3. The van der Waals surface area contributed by atoms with Gasteiger partial charge >= 0.3 is 0 Å². The SMILES string of the molecule is CCC(Oc1cccc(Cl)c1)C(=O)Nc1ccccc1C(=O)N1CCCC1. The van der Waals surface area contributed by atoms with Crippen molar-refractivity contribution in [1.29, 1.82) is 0 Å². The van der Waals surface area contributed by atoms with Gasteiger partial charge in [0.15, 0.2) is 6.10 Å². The average Bonchev–Trinajstić information content (AvgIpc) is 3.21. The van der Waals surface area contributed by atoms with Crippen molar-refractivity contribution in [3.8, 4) is 5.75 Å². The normalized spacial score (nSPS) is 14.7. The van der Waals surface area contributed by atoms with E-state index in [4.69, 9.17) is 16.3 Å². The lowest BCUT2D eigenvalue weighted by atomic mass is 10.1. The molecule has 0 saturated carbocycles. The number of ether oxygens (including phenoxy) is 1. The highest BCUT2D eigenvalue weighted by Crippen LogP contribution is 2.22. The van der Waals surface area contributed by atoms with Crippen molar-refractivity contribution in [2.75, 3.05) is 18.4 Å². The van der Waals surface area contributed by atoms with Gasteiger partial charge in [-0.15, -0.1) is 0 Å². The molecule has 1 N–H and O–H groups in total. The second kappa shape index (κ2) is 8.91. The van der Waals surface area contributed by atoms with E-state index in [1.165, 1.54) is 0 Å². The number of rotatable bonds is 6. The molecule has 2 amide bonds. The molecule has 1 fully saturated rings. The third kappa shape index (κ3) is 4.80. The molecule has 1 aliphatic rings. The highest BCUT2D eigenvalue weighted by atomic mass is 35.5. The fourth-order valence-electron chi connectivity index (χ4n) is 3.11. The zero-order valence-electron chi connectivity index (χ0n) is 15.3. The summed E-state index contributed by atoms with van der Waals surface area (Å²) < 4.78 is 5.79. The Kier molecular flexibility index (Phi) is 6.35. The molecule has 142 valence electrons. The summed E-state index contributed by atoms with van der Waals surface area (Å²) in [5, 5.41) is 3.40. The van der Waals surface area contributed by atoms with Crippen LogP contribution in [0.5, 0.6) is 5.75 Å². The van der Waals surface area contributed by atoms with E-state index in [1.54, 1.807) is 48.5 Å². The molecule has 0 aromatic heterocycles. The lowest BCUT2D eigenvalue weighted by Gasteiger charge is -2.20. The summed E-state index contributed by atoms with van der Waals surface area (Å²) in [6.45, 7) is 3.39. The Labute approximate surface area is 164 Å². The van der Waals surface area contributed by atoms with E-state index < -0.39 is 6.10 Å². The molecule has 1 saturated heterocycles. The zero-order chi connectivity index (χ0) is 19.2. The fourth-order valence-corrected chi connectivity index (χ4v) is 3.29. The molecule has 1 heterocycles. The second-order valence-electron chi connectivity index (χ2n) is 6.51. The summed E-state index contributed by atoms with van der Waals surface area (Å²) in [5.74, 6) is 0.192. The van der Waals surface area contributed by atoms with Gasteiger partial charge in [0.1, 0.15) is 5.75 Å². The van der Waals surface area contributed by atoms with Gasteiger partial charge in [0.2, 0.25) is 0 Å². The summed E-state index contributed by atoms with van der Waals surface area (Å²) in [7, 11) is 0. The van der Waals surface area contributed by atoms with Gasteiger partial charge in [-0.3, -0.25) is 9.59 Å². The van der Waals surface area contributed by atoms with Gasteiger partial charge < -0.3 is 15.0 Å². The number of amides is 2. The Balaban J connectivity index is 1.73. The maximum absolute atomic E-state index is 12.7. The Bertz CT molecular complexity index is 819. The van der Waals surface area contributed by atoms with Gasteiger partial charge in [-0.25, -0.2) is 0 Å². The number of nitrogens with one attached hydrogen (secondary N) is 1. The lowest BCUT2D eigenvalue weighted by molar-refractivity contribution is -0.122. The Morgan fingerprint density at radius 3 is 2.59 bits per heavy atom. The summed E-state index contributed by atoms with van der Waals surface area (Å²) in [5.41, 5.74) is 1.01. The fraction of sp³-hybridized carbons (Fsp3) is 0.333. The van der Waals surface area contributed by atoms with E-state index in [2.05, 4.69) is 5.32 Å². The predicted octanol–water partition coefficient (Wildman–Crippen LogP) is 4.37. The molecule has 2 aromatic carbocycles. The number of para-hydroxylation sites is 1. The molecule has 27 heavy (non-hydrogen) atoms. The Morgan fingerprint density at radius 2 is 1.89 bits per heavy atom. The van der Waals surface area contributed by atoms with Crippen molar-refractivity contribution in [2.24, 2.45) is 0 Å². The third-order valence-corrected chi connectivity index (χ3v) is 4.78. The van der Waals surface area contributed by atoms with Crippen LogP contribution < -0.4 is 10.1 Å². The minimum Gasteiger partial charge on any atom is -0.481 e. The van der Waals surface area contributed by atoms with E-state index in [0.29, 0.717) is 28.4 Å². The van der Waals surface area contributed by atoms with Crippen LogP contribution in [-0.2, 0) is 4.79 Å². The number of nitrogens with zero attached hydrogens (tertiary/aromatic N) is 1. The Morgan fingerprint density at radius 1 is 1.15 bits per heavy atom. The summed E-state index contributed by atoms with van der Waals surface area (Å²) in [6, 6.07) is 14.0. The van der Waals surface area contributed by atoms with Crippen molar-refractivity contribution in [2.45, 2.75) is 32.3 Å². The molecule has 1 unspecified atom stereocenters. The van der Waals surface area contributed by atoms with E-state index in [9.17, 15) is 9.59 Å². The smallest absolute Gasteiger partial charge is 0.265 e. The van der Waals surface area contributed by atoms with Crippen LogP contribution in [0.25, 0.3) is 0 Å². The maximum atomic E-state index is 12.7. The molecule has 2 aromatic rings. The molecular formula is C21H23ClN2O3. The first kappa shape index (κ1) is 19.2. The maximum Gasteiger partial charge on any atom is 0.265 e. The van der Waals surface area contributed by atoms with E-state index in [0.717, 1.165) is 25.9 Å². The van der Waals surface area contributed by atoms with Crippen molar-refractivity contribution in [3.05, 3.63) is 59.1 Å². The first-order chi connectivity index (χ1) is 13.1. The minimum absolute atomic E-state index is 0.0489. The first-order valence-corrected chi connectivity index (χ1v) is 9.57. The molecule has 6 heteroatoms. The molecular weight excluding hydrogens is 364 g/mol. The zero-order valence-corrected chi connectivity index (χ0v) is 16.0. The lowest BCUT2D eigenvalue weighted by Crippen LogP contribution is -2.34. The third-order valence-electron chi connectivity index (χ3n) is 4.55. The molecule has 0 spiro atoms. The summed E-state index contributed by atoms with van der Waals surface area (Å²) >= 11 is 5.98. The molecule has 5 nitrogen and oxygen atoms in total. The van der Waals surface area contributed by atoms with E-state index in [-0.39, 0.29) is 11.8 Å². The molecule has 0 radical (unpaired) electrons. The van der Waals surface area contributed by atoms with Gasteiger partial charge in [0.25, 0.3) is 11.8 Å². The van der Waals surface area contributed by atoms with Crippen LogP contribution in [0.15, 0.2) is 48.5 Å². The van der Waals surface area contributed by atoms with Crippen molar-refractivity contribution < 1.29 is 14.3 Å². The quantitative estimate of drug-likeness (QED) is 0.801. The second-order valence-corrected chi connectivity index (χ2v) is 6.94. The van der Waals surface area contributed by atoms with Crippen molar-refractivity contribution in [3.63, 3.8) is 0 Å². The predicted molar refractivity (Wildman–Crippen MR) is 106 cm³/mol. The van der Waals surface area contributed by atoms with Crippen LogP contribution in [-0.4, -0.2) is 35.9 Å². The average molecular weight is 387 g/mol. The highest BCUT2D eigenvalue weighted by Gasteiger charge is 2.24. The van der Waals surface area contributed by atoms with Crippen LogP contribution in [0.2, 0.25) is 5.02 Å². The first-order valence-electron chi connectivity index (χ1n) is 9.20. The van der Waals surface area contributed by atoms with Crippen LogP contribution in [0.3, 0.4) is 0 Å². The highest BCUT2D eigenvalue weighted by molar-refractivity contribution is 6.30. The number of carbonyl (C=O) groups excluding carboxylic acids is 2. The molecule has 0 aliphatic carbocycles. The topological polar surface area (TPSA) is 58.6 Å². The number of anilines is 1. The monoisotopic (exact) mass is 386 g/mol. The standard InChI is InChI=1S/C21H23ClN2O3/c1-2-19(27-16-9-7-8-15(22)14-16)20(25)23-18-11-4-3-10-17(18)21(26)24-12-5-6-13-24/h3-4,7-11,14,19H,2,5-6,12-13H2,1H3,(H,23,25). The van der Waals surface area contributed by atoms with E-state index >= 15 is 0 Å². The van der Waals surface area contributed by atoms with Crippen LogP contribution >= 0.6 is 11.6 Å². The van der Waals surface area contributed by atoms with E-state index in [1.807, 2.05) is 11.8 Å². The number of carbonyl (C=O) groups is 2. The Hall–Kier alpha value is -2.53. The van der Waals surface area contributed by atoms with Crippen LogP contribution in [0, 0.1) is 0 Å². The number of benzene rings is 2. The molecule has 3 rings (SSSR count). The van der Waals surface area contributed by atoms with Crippen molar-refractivity contribution >= 4 is 29.1 Å². The minimum atomic E-state index is -0.682. The molecule has 1 atom stereocenters. The number of likely N-dealkylation sites (tertiary alicyclic amines) is 1. The molecule has 1 aliphatic heterocycles. The van der Waals surface area contributed by atoms with Gasteiger partial charge in [-0.1, -0.05) is 36.7 Å². The number of halogens is 1. The van der Waals surface area contributed by atoms with Crippen molar-refractivity contribution in [1.82, 2.24) is 4.90 Å². The van der Waals surface area contributed by atoms with Crippen LogP contribution in [0.4, 0.5) is 5.69 Å². The summed E-state index contributed by atoms with van der Waals surface area (Å²) in [4.78, 5) is 27.3. The van der Waals surface area contributed by atoms with Crippen LogP contribution in [0.1, 0.15) is 36.5 Å². The summed E-state index contributed by atoms with van der Waals surface area (Å²) in [6.07, 6.45) is 1.84. The largest absolute Gasteiger partial charge is 0.481 e. The number of hydrogen-bond donors (Lipinski definition) is 1. The van der Waals surface area contributed by atoms with Gasteiger partial charge in [-0.2, -0.15) is 0 Å². The van der Waals surface area contributed by atoms with Gasteiger partial charge in [-0.05, 0) is 49.6 Å². The van der Waals surface area contributed by atoms with Gasteiger partial charge in [0, 0.05) is 18.1 Å². The van der Waals surface area contributed by atoms with Gasteiger partial charge in [0.05, 0.1) is 11.3 Å². The molecule has 0 bridgehead atoms.